The van der Waals surface area contributed by atoms with E-state index in [-0.39, 0.29) is 17.7 Å². The number of amides is 1. The second-order valence-electron chi connectivity index (χ2n) is 3.69. The molecule has 0 radical (unpaired) electrons. The van der Waals surface area contributed by atoms with E-state index in [1.54, 1.807) is 26.0 Å². The Morgan fingerprint density at radius 2 is 2.00 bits per heavy atom. The number of ether oxygens (including phenoxy) is 1. The van der Waals surface area contributed by atoms with E-state index in [4.69, 9.17) is 9.15 Å². The largest absolute Gasteiger partial charge is 0.467 e. The van der Waals surface area contributed by atoms with Gasteiger partial charge in [0.15, 0.2) is 5.76 Å². The Labute approximate surface area is 104 Å². The van der Waals surface area contributed by atoms with Gasteiger partial charge in [0.05, 0.1) is 30.4 Å². The number of aromatic nitrogens is 2. The topological polar surface area (TPSA) is 77.2 Å². The molecule has 2 aromatic rings. The lowest BCUT2D eigenvalue weighted by atomic mass is 10.2. The van der Waals surface area contributed by atoms with Crippen LogP contribution in [0, 0.1) is 13.8 Å². The number of nitrogens with zero attached hydrogens (tertiary/aromatic N) is 2. The molecule has 94 valence electrons. The van der Waals surface area contributed by atoms with Crippen LogP contribution < -0.4 is 10.1 Å². The average Bonchev–Trinajstić information content (AvgIpc) is 2.87. The minimum absolute atomic E-state index is 0.240. The van der Waals surface area contributed by atoms with Crippen LogP contribution >= 0.6 is 0 Å². The minimum atomic E-state index is -0.333. The zero-order chi connectivity index (χ0) is 13.1. The fourth-order valence-electron chi connectivity index (χ4n) is 1.54. The number of anilines is 1. The standard InChI is InChI=1S/C12H13N3O3/c1-7-10(8(2)14-12(13-7)17-3)15-11(16)9-5-4-6-18-9/h4-6H,1-3H3,(H,15,16). The first kappa shape index (κ1) is 12.1. The van der Waals surface area contributed by atoms with Gasteiger partial charge in [-0.3, -0.25) is 4.79 Å². The van der Waals surface area contributed by atoms with E-state index in [1.165, 1.54) is 13.4 Å². The van der Waals surface area contributed by atoms with Gasteiger partial charge in [0.25, 0.3) is 5.91 Å². The lowest BCUT2D eigenvalue weighted by Crippen LogP contribution is -2.14. The van der Waals surface area contributed by atoms with Gasteiger partial charge in [-0.2, -0.15) is 9.97 Å². The van der Waals surface area contributed by atoms with Crippen molar-refractivity contribution in [2.24, 2.45) is 0 Å². The summed E-state index contributed by atoms with van der Waals surface area (Å²) >= 11 is 0. The van der Waals surface area contributed by atoms with Crippen LogP contribution in [0.3, 0.4) is 0 Å². The van der Waals surface area contributed by atoms with Crippen LogP contribution in [0.5, 0.6) is 6.01 Å². The summed E-state index contributed by atoms with van der Waals surface area (Å²) in [5, 5.41) is 2.72. The van der Waals surface area contributed by atoms with Crippen molar-refractivity contribution in [3.05, 3.63) is 35.5 Å². The second-order valence-corrected chi connectivity index (χ2v) is 3.69. The van der Waals surface area contributed by atoms with Gasteiger partial charge in [-0.25, -0.2) is 0 Å². The molecular weight excluding hydrogens is 234 g/mol. The van der Waals surface area contributed by atoms with E-state index in [0.717, 1.165) is 0 Å². The van der Waals surface area contributed by atoms with E-state index in [1.807, 2.05) is 0 Å². The van der Waals surface area contributed by atoms with Crippen LogP contribution in [0.1, 0.15) is 21.9 Å². The highest BCUT2D eigenvalue weighted by atomic mass is 16.5. The SMILES string of the molecule is COc1nc(C)c(NC(=O)c2ccco2)c(C)n1. The highest BCUT2D eigenvalue weighted by Gasteiger charge is 2.14. The van der Waals surface area contributed by atoms with Crippen molar-refractivity contribution in [2.75, 3.05) is 12.4 Å². The molecular formula is C12H13N3O3. The maximum atomic E-state index is 11.8. The summed E-state index contributed by atoms with van der Waals surface area (Å²) in [6.45, 7) is 3.55. The molecule has 0 saturated carbocycles. The van der Waals surface area contributed by atoms with Crippen molar-refractivity contribution in [1.29, 1.82) is 0 Å². The van der Waals surface area contributed by atoms with Crippen molar-refractivity contribution >= 4 is 11.6 Å². The molecule has 6 nitrogen and oxygen atoms in total. The summed E-state index contributed by atoms with van der Waals surface area (Å²) in [6, 6.07) is 3.52. The number of carbonyl (C=O) groups excluding carboxylic acids is 1. The molecule has 0 saturated heterocycles. The Kier molecular flexibility index (Phi) is 3.27. The summed E-state index contributed by atoms with van der Waals surface area (Å²) in [7, 11) is 1.50. The van der Waals surface area contributed by atoms with Gasteiger partial charge in [0.1, 0.15) is 0 Å². The minimum Gasteiger partial charge on any atom is -0.467 e. The molecule has 0 aliphatic rings. The number of furan rings is 1. The second kappa shape index (κ2) is 4.87. The number of nitrogens with one attached hydrogen (secondary N) is 1. The van der Waals surface area contributed by atoms with E-state index in [2.05, 4.69) is 15.3 Å². The van der Waals surface area contributed by atoms with Crippen LogP contribution in [0.4, 0.5) is 5.69 Å². The number of hydrogen-bond acceptors (Lipinski definition) is 5. The van der Waals surface area contributed by atoms with E-state index in [9.17, 15) is 4.79 Å². The number of methoxy groups -OCH3 is 1. The normalized spacial score (nSPS) is 10.2. The van der Waals surface area contributed by atoms with Gasteiger partial charge < -0.3 is 14.5 Å². The number of carbonyl (C=O) groups is 1. The summed E-state index contributed by atoms with van der Waals surface area (Å²) in [6.07, 6.45) is 1.44. The van der Waals surface area contributed by atoms with E-state index in [0.29, 0.717) is 17.1 Å². The highest BCUT2D eigenvalue weighted by Crippen LogP contribution is 2.20. The summed E-state index contributed by atoms with van der Waals surface area (Å²) in [5.41, 5.74) is 1.84. The molecule has 0 bridgehead atoms. The molecule has 0 aliphatic carbocycles. The first-order valence-electron chi connectivity index (χ1n) is 5.36. The summed E-state index contributed by atoms with van der Waals surface area (Å²) in [4.78, 5) is 20.1. The van der Waals surface area contributed by atoms with Crippen molar-refractivity contribution < 1.29 is 13.9 Å². The highest BCUT2D eigenvalue weighted by molar-refractivity contribution is 6.02. The molecule has 0 atom stereocenters. The van der Waals surface area contributed by atoms with Gasteiger partial charge in [-0.1, -0.05) is 0 Å². The van der Waals surface area contributed by atoms with Gasteiger partial charge >= 0.3 is 6.01 Å². The molecule has 0 aliphatic heterocycles. The third-order valence-corrected chi connectivity index (χ3v) is 2.42. The van der Waals surface area contributed by atoms with E-state index >= 15 is 0 Å². The molecule has 2 rings (SSSR count). The predicted molar refractivity (Wildman–Crippen MR) is 64.7 cm³/mol. The van der Waals surface area contributed by atoms with Gasteiger partial charge in [-0.15, -0.1) is 0 Å². The zero-order valence-electron chi connectivity index (χ0n) is 10.4. The Hall–Kier alpha value is -2.37. The van der Waals surface area contributed by atoms with Crippen LogP contribution in [-0.2, 0) is 0 Å². The maximum absolute atomic E-state index is 11.8. The molecule has 1 N–H and O–H groups in total. The lowest BCUT2D eigenvalue weighted by molar-refractivity contribution is 0.0996. The molecule has 0 aromatic carbocycles. The van der Waals surface area contributed by atoms with Gasteiger partial charge in [-0.05, 0) is 26.0 Å². The van der Waals surface area contributed by atoms with Crippen LogP contribution in [0.15, 0.2) is 22.8 Å². The summed E-state index contributed by atoms with van der Waals surface area (Å²) < 4.78 is 9.97. The summed E-state index contributed by atoms with van der Waals surface area (Å²) in [5.74, 6) is -0.0930. The molecule has 2 heterocycles. The number of rotatable bonds is 3. The smallest absolute Gasteiger partial charge is 0.316 e. The predicted octanol–water partition coefficient (Wildman–Crippen LogP) is 1.95. The third-order valence-electron chi connectivity index (χ3n) is 2.42. The maximum Gasteiger partial charge on any atom is 0.316 e. The molecule has 0 unspecified atom stereocenters. The first-order chi connectivity index (χ1) is 8.61. The number of hydrogen-bond donors (Lipinski definition) is 1. The lowest BCUT2D eigenvalue weighted by Gasteiger charge is -2.10. The molecule has 0 spiro atoms. The quantitative estimate of drug-likeness (QED) is 0.896. The Morgan fingerprint density at radius 3 is 2.50 bits per heavy atom. The molecule has 6 heteroatoms. The van der Waals surface area contributed by atoms with Crippen LogP contribution in [-0.4, -0.2) is 23.0 Å². The Bertz CT molecular complexity index is 541. The fourth-order valence-corrected chi connectivity index (χ4v) is 1.54. The average molecular weight is 247 g/mol. The number of aryl methyl sites for hydroxylation is 2. The molecule has 0 fully saturated rings. The van der Waals surface area contributed by atoms with Crippen molar-refractivity contribution in [2.45, 2.75) is 13.8 Å². The van der Waals surface area contributed by atoms with Crippen molar-refractivity contribution in [3.63, 3.8) is 0 Å². The molecule has 2 aromatic heterocycles. The van der Waals surface area contributed by atoms with Crippen LogP contribution in [0.25, 0.3) is 0 Å². The van der Waals surface area contributed by atoms with Gasteiger partial charge in [0.2, 0.25) is 0 Å². The third kappa shape index (κ3) is 2.32. The molecule has 1 amide bonds. The Morgan fingerprint density at radius 1 is 1.33 bits per heavy atom. The monoisotopic (exact) mass is 247 g/mol. The molecule has 18 heavy (non-hydrogen) atoms. The fraction of sp³-hybridized carbons (Fsp3) is 0.250. The van der Waals surface area contributed by atoms with Crippen LogP contribution in [0.2, 0.25) is 0 Å². The Balaban J connectivity index is 2.27. The van der Waals surface area contributed by atoms with Gasteiger partial charge in [0, 0.05) is 0 Å². The van der Waals surface area contributed by atoms with E-state index < -0.39 is 0 Å². The van der Waals surface area contributed by atoms with Crippen molar-refractivity contribution in [3.8, 4) is 6.01 Å². The first-order valence-corrected chi connectivity index (χ1v) is 5.36. The van der Waals surface area contributed by atoms with Crippen molar-refractivity contribution in [1.82, 2.24) is 9.97 Å². The zero-order valence-corrected chi connectivity index (χ0v) is 10.4.